The molecule has 0 saturated carbocycles. The molecule has 0 saturated heterocycles. The fraction of sp³-hybridized carbons (Fsp3) is 0.250. The van der Waals surface area contributed by atoms with E-state index < -0.39 is 0 Å². The molecular weight excluding hydrogens is 270 g/mol. The number of hydrogen-bond acceptors (Lipinski definition) is 4. The van der Waals surface area contributed by atoms with Crippen molar-refractivity contribution in [2.75, 3.05) is 20.9 Å². The Morgan fingerprint density at radius 3 is 2.65 bits per heavy atom. The first-order valence-corrected chi connectivity index (χ1v) is 7.35. The molecular formula is C16H17NO2S. The lowest BCUT2D eigenvalue weighted by Crippen LogP contribution is -2.11. The lowest BCUT2D eigenvalue weighted by atomic mass is 10.2. The average Bonchev–Trinajstić information content (AvgIpc) is 2.90. The van der Waals surface area contributed by atoms with Gasteiger partial charge in [0.25, 0.3) is 0 Å². The predicted octanol–water partition coefficient (Wildman–Crippen LogP) is 3.63. The zero-order valence-corrected chi connectivity index (χ0v) is 12.4. The van der Waals surface area contributed by atoms with Gasteiger partial charge in [0.2, 0.25) is 6.79 Å². The number of benzene rings is 2. The van der Waals surface area contributed by atoms with Crippen molar-refractivity contribution >= 4 is 11.8 Å². The monoisotopic (exact) mass is 287 g/mol. The number of nitrogens with zero attached hydrogens (tertiary/aromatic N) is 1. The van der Waals surface area contributed by atoms with Gasteiger partial charge >= 0.3 is 0 Å². The maximum atomic E-state index is 5.57. The average molecular weight is 287 g/mol. The third-order valence-electron chi connectivity index (χ3n) is 3.04. The van der Waals surface area contributed by atoms with Crippen LogP contribution < -0.4 is 9.47 Å². The lowest BCUT2D eigenvalue weighted by Gasteiger charge is -2.14. The Hall–Kier alpha value is -1.65. The van der Waals surface area contributed by atoms with Gasteiger partial charge in [0.1, 0.15) is 0 Å². The van der Waals surface area contributed by atoms with Gasteiger partial charge in [-0.1, -0.05) is 36.0 Å². The summed E-state index contributed by atoms with van der Waals surface area (Å²) in [5, 5.41) is 0. The van der Waals surface area contributed by atoms with Crippen molar-refractivity contribution in [2.45, 2.75) is 16.3 Å². The van der Waals surface area contributed by atoms with E-state index in [0.29, 0.717) is 6.79 Å². The van der Waals surface area contributed by atoms with E-state index in [9.17, 15) is 0 Å². The topological polar surface area (TPSA) is 21.7 Å². The maximum absolute atomic E-state index is 5.57. The van der Waals surface area contributed by atoms with Gasteiger partial charge in [0, 0.05) is 11.4 Å². The molecule has 4 heteroatoms. The molecule has 3 nitrogen and oxygen atoms in total. The first-order chi connectivity index (χ1) is 9.74. The highest BCUT2D eigenvalue weighted by molar-refractivity contribution is 7.99. The molecule has 0 bridgehead atoms. The molecule has 20 heavy (non-hydrogen) atoms. The van der Waals surface area contributed by atoms with Crippen molar-refractivity contribution in [1.29, 1.82) is 0 Å². The summed E-state index contributed by atoms with van der Waals surface area (Å²) in [5.41, 5.74) is 1.32. The molecule has 1 aliphatic heterocycles. The molecule has 1 heterocycles. The second kappa shape index (κ2) is 5.77. The van der Waals surface area contributed by atoms with Crippen molar-refractivity contribution in [2.24, 2.45) is 0 Å². The third-order valence-corrected chi connectivity index (χ3v) is 4.20. The summed E-state index contributed by atoms with van der Waals surface area (Å²) in [7, 11) is 4.16. The summed E-state index contributed by atoms with van der Waals surface area (Å²) in [5.74, 6) is 1.69. The summed E-state index contributed by atoms with van der Waals surface area (Å²) in [6.45, 7) is 1.24. The van der Waals surface area contributed by atoms with Crippen LogP contribution >= 0.6 is 11.8 Å². The van der Waals surface area contributed by atoms with E-state index >= 15 is 0 Å². The van der Waals surface area contributed by atoms with Gasteiger partial charge in [-0.15, -0.1) is 0 Å². The summed E-state index contributed by atoms with van der Waals surface area (Å²) in [4.78, 5) is 4.53. The van der Waals surface area contributed by atoms with E-state index in [4.69, 9.17) is 9.47 Å². The fourth-order valence-corrected chi connectivity index (χ4v) is 3.22. The summed E-state index contributed by atoms with van der Waals surface area (Å²) >= 11 is 1.73. The van der Waals surface area contributed by atoms with E-state index in [-0.39, 0.29) is 0 Å². The number of rotatable bonds is 4. The van der Waals surface area contributed by atoms with Crippen LogP contribution in [0.2, 0.25) is 0 Å². The van der Waals surface area contributed by atoms with Gasteiger partial charge < -0.3 is 14.4 Å². The van der Waals surface area contributed by atoms with Crippen molar-refractivity contribution in [1.82, 2.24) is 4.90 Å². The van der Waals surface area contributed by atoms with Gasteiger partial charge in [-0.25, -0.2) is 0 Å². The van der Waals surface area contributed by atoms with Crippen LogP contribution in [-0.2, 0) is 6.54 Å². The van der Waals surface area contributed by atoms with Crippen molar-refractivity contribution in [3.05, 3.63) is 48.0 Å². The van der Waals surface area contributed by atoms with E-state index in [1.807, 2.05) is 12.1 Å². The molecule has 104 valence electrons. The molecule has 0 unspecified atom stereocenters. The third kappa shape index (κ3) is 2.76. The lowest BCUT2D eigenvalue weighted by molar-refractivity contribution is 0.172. The number of ether oxygens (including phenoxy) is 2. The standard InChI is InChI=1S/C16H17NO2S/c1-17(2)10-12-6-3-4-8-14(12)20-15-9-5-7-13-16(15)19-11-18-13/h3-9H,10-11H2,1-2H3. The number of para-hydroxylation sites is 1. The molecule has 0 spiro atoms. The Bertz CT molecular complexity index is 613. The zero-order chi connectivity index (χ0) is 13.9. The van der Waals surface area contributed by atoms with Crippen LogP contribution in [0.15, 0.2) is 52.3 Å². The maximum Gasteiger partial charge on any atom is 0.231 e. The van der Waals surface area contributed by atoms with Crippen LogP contribution in [0.3, 0.4) is 0 Å². The second-order valence-corrected chi connectivity index (χ2v) is 6.02. The van der Waals surface area contributed by atoms with Crippen molar-refractivity contribution < 1.29 is 9.47 Å². The molecule has 0 atom stereocenters. The molecule has 3 rings (SSSR count). The highest BCUT2D eigenvalue weighted by atomic mass is 32.2. The Labute approximate surface area is 123 Å². The van der Waals surface area contributed by atoms with Crippen molar-refractivity contribution in [3.63, 3.8) is 0 Å². The molecule has 2 aromatic carbocycles. The van der Waals surface area contributed by atoms with Crippen LogP contribution in [0.5, 0.6) is 11.5 Å². The highest BCUT2D eigenvalue weighted by Gasteiger charge is 2.18. The Morgan fingerprint density at radius 1 is 1.00 bits per heavy atom. The van der Waals surface area contributed by atoms with E-state index in [0.717, 1.165) is 22.9 Å². The van der Waals surface area contributed by atoms with Crippen LogP contribution in [-0.4, -0.2) is 25.8 Å². The first kappa shape index (κ1) is 13.3. The Morgan fingerprint density at radius 2 is 1.80 bits per heavy atom. The van der Waals surface area contributed by atoms with Crippen LogP contribution in [0.4, 0.5) is 0 Å². The Kier molecular flexibility index (Phi) is 3.85. The summed E-state index contributed by atoms with van der Waals surface area (Å²) in [6.07, 6.45) is 0. The minimum Gasteiger partial charge on any atom is -0.454 e. The van der Waals surface area contributed by atoms with E-state index in [1.165, 1.54) is 10.5 Å². The van der Waals surface area contributed by atoms with E-state index in [1.54, 1.807) is 11.8 Å². The smallest absolute Gasteiger partial charge is 0.231 e. The fourth-order valence-electron chi connectivity index (χ4n) is 2.18. The van der Waals surface area contributed by atoms with Gasteiger partial charge in [-0.05, 0) is 37.9 Å². The van der Waals surface area contributed by atoms with Gasteiger partial charge in [-0.2, -0.15) is 0 Å². The molecule has 0 aliphatic carbocycles. The number of hydrogen-bond donors (Lipinski definition) is 0. The van der Waals surface area contributed by atoms with Gasteiger partial charge in [0.05, 0.1) is 4.90 Å². The largest absolute Gasteiger partial charge is 0.454 e. The van der Waals surface area contributed by atoms with Crippen LogP contribution in [0.1, 0.15) is 5.56 Å². The molecule has 0 amide bonds. The second-order valence-electron chi connectivity index (χ2n) is 4.94. The van der Waals surface area contributed by atoms with Crippen molar-refractivity contribution in [3.8, 4) is 11.5 Å². The normalized spacial score (nSPS) is 12.9. The minimum atomic E-state index is 0.312. The zero-order valence-electron chi connectivity index (χ0n) is 11.6. The number of fused-ring (bicyclic) bond motifs is 1. The molecule has 1 aliphatic rings. The van der Waals surface area contributed by atoms with Crippen LogP contribution in [0.25, 0.3) is 0 Å². The first-order valence-electron chi connectivity index (χ1n) is 6.53. The Balaban J connectivity index is 1.90. The summed E-state index contributed by atoms with van der Waals surface area (Å²) in [6, 6.07) is 14.5. The van der Waals surface area contributed by atoms with Gasteiger partial charge in [-0.3, -0.25) is 0 Å². The highest BCUT2D eigenvalue weighted by Crippen LogP contribution is 2.44. The molecule has 0 aromatic heterocycles. The molecule has 2 aromatic rings. The quantitative estimate of drug-likeness (QED) is 0.856. The summed E-state index contributed by atoms with van der Waals surface area (Å²) < 4.78 is 11.0. The SMILES string of the molecule is CN(C)Cc1ccccc1Sc1cccc2c1OCO2. The predicted molar refractivity (Wildman–Crippen MR) is 80.5 cm³/mol. The van der Waals surface area contributed by atoms with Crippen LogP contribution in [0, 0.1) is 0 Å². The minimum absolute atomic E-state index is 0.312. The van der Waals surface area contributed by atoms with E-state index in [2.05, 4.69) is 49.3 Å². The molecule has 0 N–H and O–H groups in total. The van der Waals surface area contributed by atoms with Gasteiger partial charge in [0.15, 0.2) is 11.5 Å². The molecule has 0 radical (unpaired) electrons. The molecule has 0 fully saturated rings.